The van der Waals surface area contributed by atoms with Gasteiger partial charge in [0.1, 0.15) is 5.75 Å². The van der Waals surface area contributed by atoms with Crippen LogP contribution in [0, 0.1) is 13.8 Å². The Balaban J connectivity index is 2.02. The Morgan fingerprint density at radius 1 is 1.16 bits per heavy atom. The van der Waals surface area contributed by atoms with Crippen LogP contribution < -0.4 is 10.1 Å². The predicted octanol–water partition coefficient (Wildman–Crippen LogP) is 3.67. The van der Waals surface area contributed by atoms with Crippen molar-refractivity contribution in [1.82, 2.24) is 5.32 Å². The SMILES string of the molecule is Cc1ccc(C)c(OCC(=O)N[C@H](CC(=O)O)c2ccc(Cl)cc2)c1. The minimum absolute atomic E-state index is 0.187. The monoisotopic (exact) mass is 361 g/mol. The van der Waals surface area contributed by atoms with E-state index in [9.17, 15) is 9.59 Å². The molecule has 0 fully saturated rings. The van der Waals surface area contributed by atoms with Crippen molar-refractivity contribution in [3.05, 3.63) is 64.2 Å². The third kappa shape index (κ3) is 5.80. The van der Waals surface area contributed by atoms with Crippen molar-refractivity contribution >= 4 is 23.5 Å². The first-order valence-electron chi connectivity index (χ1n) is 7.82. The highest BCUT2D eigenvalue weighted by Crippen LogP contribution is 2.21. The lowest BCUT2D eigenvalue weighted by Gasteiger charge is -2.18. The molecule has 0 radical (unpaired) electrons. The zero-order chi connectivity index (χ0) is 18.4. The molecule has 2 N–H and O–H groups in total. The molecule has 1 atom stereocenters. The molecule has 6 heteroatoms. The summed E-state index contributed by atoms with van der Waals surface area (Å²) in [6.07, 6.45) is -0.225. The largest absolute Gasteiger partial charge is 0.483 e. The fraction of sp³-hybridized carbons (Fsp3) is 0.263. The van der Waals surface area contributed by atoms with Crippen molar-refractivity contribution < 1.29 is 19.4 Å². The minimum atomic E-state index is -1.00. The van der Waals surface area contributed by atoms with Crippen molar-refractivity contribution in [3.8, 4) is 5.75 Å². The number of aliphatic carboxylic acids is 1. The summed E-state index contributed by atoms with van der Waals surface area (Å²) in [6, 6.07) is 11.8. The fourth-order valence-electron chi connectivity index (χ4n) is 2.36. The van der Waals surface area contributed by atoms with Crippen LogP contribution in [0.2, 0.25) is 5.02 Å². The van der Waals surface area contributed by atoms with Gasteiger partial charge in [-0.15, -0.1) is 0 Å². The quantitative estimate of drug-likeness (QED) is 0.789. The minimum Gasteiger partial charge on any atom is -0.483 e. The number of carbonyl (C=O) groups excluding carboxylic acids is 1. The number of benzene rings is 2. The number of halogens is 1. The summed E-state index contributed by atoms with van der Waals surface area (Å²) in [5.74, 6) is -0.755. The van der Waals surface area contributed by atoms with Gasteiger partial charge in [0.05, 0.1) is 12.5 Å². The molecule has 5 nitrogen and oxygen atoms in total. The van der Waals surface area contributed by atoms with Gasteiger partial charge in [0.15, 0.2) is 6.61 Å². The van der Waals surface area contributed by atoms with Crippen molar-refractivity contribution in [3.63, 3.8) is 0 Å². The van der Waals surface area contributed by atoms with Gasteiger partial charge >= 0.3 is 5.97 Å². The first-order valence-corrected chi connectivity index (χ1v) is 8.19. The van der Waals surface area contributed by atoms with Crippen LogP contribution in [0.1, 0.15) is 29.2 Å². The summed E-state index contributed by atoms with van der Waals surface area (Å²) in [7, 11) is 0. The third-order valence-corrected chi connectivity index (χ3v) is 3.94. The molecule has 2 rings (SSSR count). The smallest absolute Gasteiger partial charge is 0.305 e. The van der Waals surface area contributed by atoms with Crippen LogP contribution in [0.15, 0.2) is 42.5 Å². The predicted molar refractivity (Wildman–Crippen MR) is 96.0 cm³/mol. The molecule has 0 heterocycles. The number of rotatable bonds is 7. The number of hydrogen-bond donors (Lipinski definition) is 2. The number of carboxylic acid groups (broad SMARTS) is 1. The molecule has 0 aliphatic rings. The number of ether oxygens (including phenoxy) is 1. The van der Waals surface area contributed by atoms with Gasteiger partial charge < -0.3 is 15.2 Å². The average Bonchev–Trinajstić information content (AvgIpc) is 2.55. The Morgan fingerprint density at radius 2 is 1.84 bits per heavy atom. The lowest BCUT2D eigenvalue weighted by molar-refractivity contribution is -0.137. The van der Waals surface area contributed by atoms with E-state index in [0.717, 1.165) is 11.1 Å². The highest BCUT2D eigenvalue weighted by molar-refractivity contribution is 6.30. The first-order chi connectivity index (χ1) is 11.8. The molecule has 0 aliphatic carbocycles. The van der Waals surface area contributed by atoms with E-state index in [1.807, 2.05) is 32.0 Å². The molecule has 0 unspecified atom stereocenters. The molecule has 0 saturated heterocycles. The summed E-state index contributed by atoms with van der Waals surface area (Å²) < 4.78 is 5.56. The Morgan fingerprint density at radius 3 is 2.48 bits per heavy atom. The summed E-state index contributed by atoms with van der Waals surface area (Å²) in [4.78, 5) is 23.3. The topological polar surface area (TPSA) is 75.6 Å². The second-order valence-corrected chi connectivity index (χ2v) is 6.26. The lowest BCUT2D eigenvalue weighted by atomic mass is 10.0. The second-order valence-electron chi connectivity index (χ2n) is 5.83. The maximum absolute atomic E-state index is 12.2. The first kappa shape index (κ1) is 18.8. The van der Waals surface area contributed by atoms with Gasteiger partial charge in [0, 0.05) is 5.02 Å². The molecule has 132 valence electrons. The van der Waals surface area contributed by atoms with Crippen LogP contribution in [0.25, 0.3) is 0 Å². The van der Waals surface area contributed by atoms with Gasteiger partial charge in [-0.3, -0.25) is 9.59 Å². The average molecular weight is 362 g/mol. The Hall–Kier alpha value is -2.53. The number of amides is 1. The Kier molecular flexibility index (Phi) is 6.42. The third-order valence-electron chi connectivity index (χ3n) is 3.69. The van der Waals surface area contributed by atoms with Crippen LogP contribution in [0.4, 0.5) is 0 Å². The fourth-order valence-corrected chi connectivity index (χ4v) is 2.49. The van der Waals surface area contributed by atoms with E-state index in [1.165, 1.54) is 0 Å². The summed E-state index contributed by atoms with van der Waals surface area (Å²) in [5.41, 5.74) is 2.64. The Labute approximate surface area is 151 Å². The van der Waals surface area contributed by atoms with Crippen LogP contribution in [-0.2, 0) is 9.59 Å². The number of nitrogens with one attached hydrogen (secondary N) is 1. The van der Waals surface area contributed by atoms with Crippen molar-refractivity contribution in [1.29, 1.82) is 0 Å². The number of hydrogen-bond acceptors (Lipinski definition) is 3. The van der Waals surface area contributed by atoms with E-state index in [1.54, 1.807) is 24.3 Å². The molecule has 0 aromatic heterocycles. The molecule has 2 aromatic rings. The van der Waals surface area contributed by atoms with E-state index in [4.69, 9.17) is 21.4 Å². The number of aryl methyl sites for hydroxylation is 2. The Bertz CT molecular complexity index is 759. The molecular weight excluding hydrogens is 342 g/mol. The summed E-state index contributed by atoms with van der Waals surface area (Å²) in [6.45, 7) is 3.65. The van der Waals surface area contributed by atoms with Crippen LogP contribution in [0.5, 0.6) is 5.75 Å². The summed E-state index contributed by atoms with van der Waals surface area (Å²) >= 11 is 5.85. The van der Waals surface area contributed by atoms with Crippen molar-refractivity contribution in [2.24, 2.45) is 0 Å². The maximum atomic E-state index is 12.2. The van der Waals surface area contributed by atoms with Crippen LogP contribution in [-0.4, -0.2) is 23.6 Å². The molecule has 0 spiro atoms. The van der Waals surface area contributed by atoms with Crippen LogP contribution >= 0.6 is 11.6 Å². The molecule has 0 aliphatic heterocycles. The lowest BCUT2D eigenvalue weighted by Crippen LogP contribution is -2.33. The van der Waals surface area contributed by atoms with Gasteiger partial charge in [-0.2, -0.15) is 0 Å². The van der Waals surface area contributed by atoms with Gasteiger partial charge in [-0.1, -0.05) is 35.9 Å². The van der Waals surface area contributed by atoms with Gasteiger partial charge in [-0.05, 0) is 48.7 Å². The standard InChI is InChI=1S/C19H20ClNO4/c1-12-3-4-13(2)17(9-12)25-11-18(22)21-16(10-19(23)24)14-5-7-15(20)8-6-14/h3-9,16H,10-11H2,1-2H3,(H,21,22)(H,23,24)/t16-/m1/s1. The van der Waals surface area contributed by atoms with Crippen LogP contribution in [0.3, 0.4) is 0 Å². The van der Waals surface area contributed by atoms with E-state index in [-0.39, 0.29) is 18.9 Å². The molecule has 2 aromatic carbocycles. The molecule has 0 saturated carbocycles. The summed E-state index contributed by atoms with van der Waals surface area (Å²) in [5, 5.41) is 12.3. The van der Waals surface area contributed by atoms with Gasteiger partial charge in [0.25, 0.3) is 5.91 Å². The number of carbonyl (C=O) groups is 2. The van der Waals surface area contributed by atoms with Crippen molar-refractivity contribution in [2.75, 3.05) is 6.61 Å². The molecule has 0 bridgehead atoms. The van der Waals surface area contributed by atoms with E-state index in [0.29, 0.717) is 16.3 Å². The van der Waals surface area contributed by atoms with E-state index >= 15 is 0 Å². The van der Waals surface area contributed by atoms with Gasteiger partial charge in [-0.25, -0.2) is 0 Å². The number of carboxylic acids is 1. The van der Waals surface area contributed by atoms with Crippen molar-refractivity contribution in [2.45, 2.75) is 26.3 Å². The zero-order valence-electron chi connectivity index (χ0n) is 14.1. The second kappa shape index (κ2) is 8.53. The molecule has 1 amide bonds. The molecular formula is C19H20ClNO4. The van der Waals surface area contributed by atoms with Gasteiger partial charge in [0.2, 0.25) is 0 Å². The van der Waals surface area contributed by atoms with E-state index < -0.39 is 12.0 Å². The highest BCUT2D eigenvalue weighted by atomic mass is 35.5. The zero-order valence-corrected chi connectivity index (χ0v) is 14.8. The molecule has 25 heavy (non-hydrogen) atoms. The van der Waals surface area contributed by atoms with E-state index in [2.05, 4.69) is 5.32 Å². The normalized spacial score (nSPS) is 11.6. The highest BCUT2D eigenvalue weighted by Gasteiger charge is 2.18. The maximum Gasteiger partial charge on any atom is 0.305 e.